The van der Waals surface area contributed by atoms with Gasteiger partial charge in [-0.3, -0.25) is 0 Å². The van der Waals surface area contributed by atoms with E-state index in [1.54, 1.807) is 30.6 Å². The van der Waals surface area contributed by atoms with E-state index in [9.17, 15) is 18.3 Å². The molecule has 2 aliphatic rings. The van der Waals surface area contributed by atoms with Gasteiger partial charge in [0.25, 0.3) is 0 Å². The molecule has 0 spiro atoms. The van der Waals surface area contributed by atoms with E-state index < -0.39 is 16.1 Å². The van der Waals surface area contributed by atoms with Crippen molar-refractivity contribution < 1.29 is 27.8 Å². The van der Waals surface area contributed by atoms with Crippen molar-refractivity contribution in [2.24, 2.45) is 0 Å². The molecular formula is C25H29N5O6S. The van der Waals surface area contributed by atoms with E-state index in [4.69, 9.17) is 9.47 Å². The lowest BCUT2D eigenvalue weighted by molar-refractivity contribution is 0.0235. The van der Waals surface area contributed by atoms with Gasteiger partial charge in [-0.05, 0) is 36.9 Å². The molecule has 5 heterocycles. The van der Waals surface area contributed by atoms with Crippen LogP contribution in [0.4, 0.5) is 11.6 Å². The predicted molar refractivity (Wildman–Crippen MR) is 136 cm³/mol. The average molecular weight is 528 g/mol. The van der Waals surface area contributed by atoms with E-state index in [-0.39, 0.29) is 37.2 Å². The zero-order valence-electron chi connectivity index (χ0n) is 21.0. The summed E-state index contributed by atoms with van der Waals surface area (Å²) in [7, 11) is -3.26. The third-order valence-electron chi connectivity index (χ3n) is 6.90. The van der Waals surface area contributed by atoms with E-state index in [2.05, 4.69) is 20.3 Å². The van der Waals surface area contributed by atoms with Crippen molar-refractivity contribution in [1.82, 2.24) is 19.3 Å². The van der Waals surface area contributed by atoms with E-state index in [1.807, 2.05) is 20.8 Å². The Morgan fingerprint density at radius 2 is 1.95 bits per heavy atom. The third kappa shape index (κ3) is 4.83. The first-order valence-corrected chi connectivity index (χ1v) is 14.0. The topological polar surface area (TPSA) is 144 Å². The summed E-state index contributed by atoms with van der Waals surface area (Å²) in [5.74, 6) is 0.909. The maximum atomic E-state index is 12.2. The molecule has 0 aromatic carbocycles. The van der Waals surface area contributed by atoms with Crippen LogP contribution in [0.1, 0.15) is 60.8 Å². The number of aliphatic hydroxyl groups excluding tert-OH is 1. The van der Waals surface area contributed by atoms with Gasteiger partial charge < -0.3 is 19.9 Å². The van der Waals surface area contributed by atoms with Gasteiger partial charge in [0, 0.05) is 23.9 Å². The van der Waals surface area contributed by atoms with Gasteiger partial charge in [0.2, 0.25) is 15.9 Å². The van der Waals surface area contributed by atoms with Crippen molar-refractivity contribution in [3.63, 3.8) is 0 Å². The zero-order chi connectivity index (χ0) is 26.5. The smallest absolute Gasteiger partial charge is 0.340 e. The van der Waals surface area contributed by atoms with Crippen LogP contribution in [0.5, 0.6) is 5.88 Å². The molecule has 11 nitrogen and oxygen atoms in total. The highest BCUT2D eigenvalue weighted by Gasteiger charge is 2.35. The van der Waals surface area contributed by atoms with Crippen LogP contribution in [-0.2, 0) is 14.8 Å². The number of rotatable bonds is 7. The molecule has 5 rings (SSSR count). The number of aromatic nitrogens is 3. The number of hydrogen-bond acceptors (Lipinski definition) is 10. The summed E-state index contributed by atoms with van der Waals surface area (Å²) >= 11 is 0. The number of anilines is 2. The monoisotopic (exact) mass is 527 g/mol. The van der Waals surface area contributed by atoms with Crippen LogP contribution in [0, 0.1) is 0 Å². The van der Waals surface area contributed by atoms with Crippen molar-refractivity contribution in [2.75, 3.05) is 24.7 Å². The summed E-state index contributed by atoms with van der Waals surface area (Å²) in [6.45, 7) is 6.19. The molecule has 0 radical (unpaired) electrons. The number of pyridine rings is 3. The SMILES string of the molecule is CC[C@@H](O)c1cnc(OC2CN(S(C)(=O)=O)C2)c2cnc(Nc3ccc4c(n3)[C@@H](C)[C@H](C)OC4=O)cc12. The van der Waals surface area contributed by atoms with Crippen molar-refractivity contribution >= 4 is 38.4 Å². The maximum Gasteiger partial charge on any atom is 0.340 e. The largest absolute Gasteiger partial charge is 0.471 e. The number of aliphatic hydroxyl groups is 1. The molecule has 0 unspecified atom stereocenters. The molecule has 12 heteroatoms. The molecule has 0 amide bonds. The molecule has 3 atom stereocenters. The molecule has 3 aromatic heterocycles. The fourth-order valence-corrected chi connectivity index (χ4v) is 5.31. The molecule has 3 aromatic rings. The van der Waals surface area contributed by atoms with Gasteiger partial charge in [0.1, 0.15) is 23.8 Å². The number of esters is 1. The summed E-state index contributed by atoms with van der Waals surface area (Å²) < 4.78 is 36.0. The lowest BCUT2D eigenvalue weighted by atomic mass is 9.94. The molecule has 0 saturated carbocycles. The first-order chi connectivity index (χ1) is 17.5. The number of nitrogens with one attached hydrogen (secondary N) is 1. The minimum atomic E-state index is -3.26. The Kier molecular flexibility index (Phi) is 6.50. The summed E-state index contributed by atoms with van der Waals surface area (Å²) in [6, 6.07) is 5.18. The van der Waals surface area contributed by atoms with Gasteiger partial charge in [0.05, 0.1) is 42.1 Å². The number of sulfonamides is 1. The molecule has 2 N–H and O–H groups in total. The standard InChI is InChI=1S/C25H29N5O6S/c1-5-20(31)18-9-27-24(36-15-11-30(12-15)37(4,33)34)19-10-26-22(8-17(18)19)28-21-7-6-16-23(29-21)13(2)14(3)35-25(16)32/h6-10,13-15,20,31H,5,11-12H2,1-4H3,(H,26,28,29)/t13-,14-,20+/m0/s1. The number of ether oxygens (including phenoxy) is 2. The number of fused-ring (bicyclic) bond motifs is 2. The number of nitrogens with zero attached hydrogens (tertiary/aromatic N) is 4. The Labute approximate surface area is 214 Å². The van der Waals surface area contributed by atoms with Gasteiger partial charge in [0.15, 0.2) is 0 Å². The van der Waals surface area contributed by atoms with E-state index in [0.717, 1.165) is 0 Å². The Hall–Kier alpha value is -3.35. The predicted octanol–water partition coefficient (Wildman–Crippen LogP) is 2.90. The Morgan fingerprint density at radius 3 is 2.65 bits per heavy atom. The second kappa shape index (κ2) is 9.51. The average Bonchev–Trinajstić information content (AvgIpc) is 2.83. The lowest BCUT2D eigenvalue weighted by Crippen LogP contribution is -2.55. The van der Waals surface area contributed by atoms with Crippen molar-refractivity contribution in [1.29, 1.82) is 0 Å². The highest BCUT2D eigenvalue weighted by molar-refractivity contribution is 7.88. The molecular weight excluding hydrogens is 498 g/mol. The second-order valence-electron chi connectivity index (χ2n) is 9.53. The Balaban J connectivity index is 1.45. The first-order valence-electron chi connectivity index (χ1n) is 12.1. The second-order valence-corrected chi connectivity index (χ2v) is 11.5. The van der Waals surface area contributed by atoms with E-state index >= 15 is 0 Å². The van der Waals surface area contributed by atoms with Crippen LogP contribution >= 0.6 is 0 Å². The minimum absolute atomic E-state index is 0.0544. The van der Waals surface area contributed by atoms with Crippen LogP contribution in [0.25, 0.3) is 10.8 Å². The first kappa shape index (κ1) is 25.3. The van der Waals surface area contributed by atoms with Crippen LogP contribution in [0.15, 0.2) is 30.6 Å². The van der Waals surface area contributed by atoms with Gasteiger partial charge >= 0.3 is 5.97 Å². The minimum Gasteiger partial charge on any atom is -0.471 e. The molecule has 1 saturated heterocycles. The number of carbonyl (C=O) groups excluding carboxylic acids is 1. The van der Waals surface area contributed by atoms with Crippen LogP contribution in [-0.4, -0.2) is 70.3 Å². The Bertz CT molecular complexity index is 1470. The van der Waals surface area contributed by atoms with Crippen molar-refractivity contribution in [3.8, 4) is 5.88 Å². The van der Waals surface area contributed by atoms with Gasteiger partial charge in [-0.25, -0.2) is 28.2 Å². The zero-order valence-corrected chi connectivity index (χ0v) is 21.8. The fraction of sp³-hybridized carbons (Fsp3) is 0.440. The molecule has 1 fully saturated rings. The van der Waals surface area contributed by atoms with E-state index in [1.165, 1.54) is 10.6 Å². The highest BCUT2D eigenvalue weighted by Crippen LogP contribution is 2.35. The van der Waals surface area contributed by atoms with Gasteiger partial charge in [-0.15, -0.1) is 0 Å². The van der Waals surface area contributed by atoms with E-state index in [0.29, 0.717) is 51.5 Å². The van der Waals surface area contributed by atoms with Gasteiger partial charge in [-0.1, -0.05) is 13.8 Å². The van der Waals surface area contributed by atoms with Crippen LogP contribution < -0.4 is 10.1 Å². The van der Waals surface area contributed by atoms with Crippen molar-refractivity contribution in [2.45, 2.75) is 51.4 Å². The summed E-state index contributed by atoms with van der Waals surface area (Å²) in [5, 5.41) is 15.1. The number of hydrogen-bond donors (Lipinski definition) is 2. The Morgan fingerprint density at radius 1 is 1.19 bits per heavy atom. The highest BCUT2D eigenvalue weighted by atomic mass is 32.2. The van der Waals surface area contributed by atoms with Crippen molar-refractivity contribution in [3.05, 3.63) is 47.4 Å². The molecule has 0 aliphatic carbocycles. The van der Waals surface area contributed by atoms with Crippen LogP contribution in [0.3, 0.4) is 0 Å². The molecule has 2 aliphatic heterocycles. The number of carbonyl (C=O) groups is 1. The normalized spacial score (nSPS) is 21.2. The third-order valence-corrected chi connectivity index (χ3v) is 8.14. The fourth-order valence-electron chi connectivity index (χ4n) is 4.44. The summed E-state index contributed by atoms with van der Waals surface area (Å²) in [5.41, 5.74) is 1.75. The summed E-state index contributed by atoms with van der Waals surface area (Å²) in [4.78, 5) is 25.8. The summed E-state index contributed by atoms with van der Waals surface area (Å²) in [6.07, 6.45) is 3.52. The quantitative estimate of drug-likeness (QED) is 0.440. The van der Waals surface area contributed by atoms with Crippen LogP contribution in [0.2, 0.25) is 0 Å². The molecule has 37 heavy (non-hydrogen) atoms. The molecule has 196 valence electrons. The molecule has 0 bridgehead atoms. The number of cyclic esters (lactones) is 1. The van der Waals surface area contributed by atoms with Gasteiger partial charge in [-0.2, -0.15) is 4.31 Å². The lowest BCUT2D eigenvalue weighted by Gasteiger charge is -2.36. The maximum absolute atomic E-state index is 12.2.